The maximum Gasteiger partial charge on any atom is 0.417 e. The van der Waals surface area contributed by atoms with Crippen LogP contribution in [0.2, 0.25) is 0 Å². The molecule has 1 atom stereocenters. The van der Waals surface area contributed by atoms with Crippen LogP contribution in [-0.4, -0.2) is 27.4 Å². The van der Waals surface area contributed by atoms with Gasteiger partial charge in [-0.15, -0.1) is 0 Å². The normalized spacial score (nSPS) is 18.4. The number of hydrogen-bond acceptors (Lipinski definition) is 4. The lowest BCUT2D eigenvalue weighted by Crippen LogP contribution is -2.37. The molecule has 2 aromatic heterocycles. The number of anilines is 1. The van der Waals surface area contributed by atoms with Gasteiger partial charge in [-0.05, 0) is 31.0 Å². The van der Waals surface area contributed by atoms with Gasteiger partial charge in [0.25, 0.3) is 5.56 Å². The highest BCUT2D eigenvalue weighted by molar-refractivity contribution is 5.42. The molecule has 0 bridgehead atoms. The van der Waals surface area contributed by atoms with Crippen LogP contribution >= 0.6 is 0 Å². The summed E-state index contributed by atoms with van der Waals surface area (Å²) in [5.74, 6) is 0.490. The number of rotatable bonds is 3. The molecule has 122 valence electrons. The fourth-order valence-electron chi connectivity index (χ4n) is 2.77. The molecule has 1 aliphatic heterocycles. The van der Waals surface area contributed by atoms with Gasteiger partial charge in [-0.25, -0.2) is 9.67 Å². The van der Waals surface area contributed by atoms with E-state index in [0.717, 1.165) is 25.1 Å². The second-order valence-corrected chi connectivity index (χ2v) is 5.44. The number of alkyl halides is 3. The molecule has 0 spiro atoms. The molecule has 0 saturated carbocycles. The largest absolute Gasteiger partial charge is 0.417 e. The van der Waals surface area contributed by atoms with Crippen molar-refractivity contribution < 1.29 is 13.2 Å². The molecule has 0 N–H and O–H groups in total. The van der Waals surface area contributed by atoms with E-state index >= 15 is 0 Å². The molecule has 1 aliphatic rings. The van der Waals surface area contributed by atoms with Crippen molar-refractivity contribution in [2.24, 2.45) is 0 Å². The smallest absolute Gasteiger partial charge is 0.352 e. The standard InChI is InChI=1S/C15H15F3N4O/c16-15(17,18)11-5-6-13(19-9-11)21-8-2-3-12(21)10-22-14(23)4-1-7-20-22/h1,4-7,9,12H,2-3,8,10H2. The quantitative estimate of drug-likeness (QED) is 0.869. The maximum atomic E-state index is 12.6. The summed E-state index contributed by atoms with van der Waals surface area (Å²) in [4.78, 5) is 17.6. The average molecular weight is 324 g/mol. The Bertz CT molecular complexity index is 726. The summed E-state index contributed by atoms with van der Waals surface area (Å²) < 4.78 is 39.2. The molecule has 0 amide bonds. The molecule has 2 aromatic rings. The van der Waals surface area contributed by atoms with Gasteiger partial charge in [-0.3, -0.25) is 4.79 Å². The first-order valence-electron chi connectivity index (χ1n) is 7.27. The van der Waals surface area contributed by atoms with Crippen LogP contribution in [0.25, 0.3) is 0 Å². The van der Waals surface area contributed by atoms with Gasteiger partial charge < -0.3 is 4.90 Å². The van der Waals surface area contributed by atoms with Crippen molar-refractivity contribution >= 4 is 5.82 Å². The van der Waals surface area contributed by atoms with Crippen molar-refractivity contribution in [1.82, 2.24) is 14.8 Å². The molecule has 0 radical (unpaired) electrons. The monoisotopic (exact) mass is 324 g/mol. The van der Waals surface area contributed by atoms with Crippen LogP contribution in [-0.2, 0) is 12.7 Å². The molecular formula is C15H15F3N4O. The van der Waals surface area contributed by atoms with E-state index in [1.807, 2.05) is 4.90 Å². The molecule has 23 heavy (non-hydrogen) atoms. The van der Waals surface area contributed by atoms with Crippen molar-refractivity contribution in [3.05, 3.63) is 52.6 Å². The summed E-state index contributed by atoms with van der Waals surface area (Å²) >= 11 is 0. The van der Waals surface area contributed by atoms with Crippen LogP contribution in [0.15, 0.2) is 41.5 Å². The van der Waals surface area contributed by atoms with Crippen molar-refractivity contribution in [1.29, 1.82) is 0 Å². The molecule has 0 aliphatic carbocycles. The lowest BCUT2D eigenvalue weighted by Gasteiger charge is -2.26. The first kappa shape index (κ1) is 15.5. The van der Waals surface area contributed by atoms with Gasteiger partial charge in [0, 0.05) is 25.0 Å². The first-order valence-corrected chi connectivity index (χ1v) is 7.27. The Morgan fingerprint density at radius 2 is 2.09 bits per heavy atom. The van der Waals surface area contributed by atoms with Gasteiger partial charge in [0.1, 0.15) is 5.82 Å². The van der Waals surface area contributed by atoms with Gasteiger partial charge in [-0.2, -0.15) is 18.3 Å². The molecule has 1 unspecified atom stereocenters. The Labute approximate surface area is 130 Å². The summed E-state index contributed by atoms with van der Waals surface area (Å²) in [6.45, 7) is 1.09. The molecule has 0 aromatic carbocycles. The van der Waals surface area contributed by atoms with E-state index in [1.54, 1.807) is 6.07 Å². The highest BCUT2D eigenvalue weighted by Crippen LogP contribution is 2.31. The molecular weight excluding hydrogens is 309 g/mol. The fraction of sp³-hybridized carbons (Fsp3) is 0.400. The molecule has 5 nitrogen and oxygen atoms in total. The Hall–Kier alpha value is -2.38. The predicted molar refractivity (Wildman–Crippen MR) is 78.1 cm³/mol. The van der Waals surface area contributed by atoms with Crippen molar-refractivity contribution in [3.63, 3.8) is 0 Å². The van der Waals surface area contributed by atoms with Crippen LogP contribution < -0.4 is 10.5 Å². The van der Waals surface area contributed by atoms with Crippen LogP contribution in [0, 0.1) is 0 Å². The van der Waals surface area contributed by atoms with E-state index in [1.165, 1.54) is 23.0 Å². The van der Waals surface area contributed by atoms with E-state index in [0.29, 0.717) is 18.9 Å². The van der Waals surface area contributed by atoms with Crippen molar-refractivity contribution in [2.45, 2.75) is 31.6 Å². The molecule has 8 heteroatoms. The Kier molecular flexibility index (Phi) is 4.06. The summed E-state index contributed by atoms with van der Waals surface area (Å²) in [6.07, 6.45) is -0.271. The van der Waals surface area contributed by atoms with Crippen LogP contribution in [0.5, 0.6) is 0 Å². The number of hydrogen-bond donors (Lipinski definition) is 0. The lowest BCUT2D eigenvalue weighted by atomic mass is 10.2. The van der Waals surface area contributed by atoms with Gasteiger partial charge in [0.05, 0.1) is 18.2 Å². The number of nitrogens with zero attached hydrogens (tertiary/aromatic N) is 4. The van der Waals surface area contributed by atoms with Gasteiger partial charge in [0.2, 0.25) is 0 Å². The van der Waals surface area contributed by atoms with Crippen LogP contribution in [0.4, 0.5) is 19.0 Å². The third kappa shape index (κ3) is 3.35. The highest BCUT2D eigenvalue weighted by Gasteiger charge is 2.32. The second-order valence-electron chi connectivity index (χ2n) is 5.44. The molecule has 3 heterocycles. The van der Waals surface area contributed by atoms with E-state index in [9.17, 15) is 18.0 Å². The van der Waals surface area contributed by atoms with E-state index in [-0.39, 0.29) is 11.6 Å². The van der Waals surface area contributed by atoms with E-state index in [2.05, 4.69) is 10.1 Å². The van der Waals surface area contributed by atoms with Crippen LogP contribution in [0.3, 0.4) is 0 Å². The van der Waals surface area contributed by atoms with E-state index in [4.69, 9.17) is 0 Å². The minimum Gasteiger partial charge on any atom is -0.352 e. The molecule has 3 rings (SSSR count). The van der Waals surface area contributed by atoms with Crippen molar-refractivity contribution in [2.75, 3.05) is 11.4 Å². The Balaban J connectivity index is 1.79. The average Bonchev–Trinajstić information content (AvgIpc) is 2.97. The Morgan fingerprint density at radius 1 is 1.26 bits per heavy atom. The zero-order chi connectivity index (χ0) is 16.4. The second kappa shape index (κ2) is 6.02. The van der Waals surface area contributed by atoms with Crippen LogP contribution in [0.1, 0.15) is 18.4 Å². The van der Waals surface area contributed by atoms with Crippen molar-refractivity contribution in [3.8, 4) is 0 Å². The van der Waals surface area contributed by atoms with Gasteiger partial charge >= 0.3 is 6.18 Å². The minimum atomic E-state index is -4.39. The number of aromatic nitrogens is 3. The lowest BCUT2D eigenvalue weighted by molar-refractivity contribution is -0.137. The molecule has 1 saturated heterocycles. The third-order valence-electron chi connectivity index (χ3n) is 3.92. The van der Waals surface area contributed by atoms with Gasteiger partial charge in [-0.1, -0.05) is 0 Å². The SMILES string of the molecule is O=c1cccnn1CC1CCCN1c1ccc(C(F)(F)F)cn1. The fourth-order valence-corrected chi connectivity index (χ4v) is 2.77. The minimum absolute atomic E-state index is 0.00756. The first-order chi connectivity index (χ1) is 10.9. The topological polar surface area (TPSA) is 51.0 Å². The Morgan fingerprint density at radius 3 is 2.74 bits per heavy atom. The highest BCUT2D eigenvalue weighted by atomic mass is 19.4. The summed E-state index contributed by atoms with van der Waals surface area (Å²) in [5.41, 5.74) is -0.960. The third-order valence-corrected chi connectivity index (χ3v) is 3.92. The summed E-state index contributed by atoms with van der Waals surface area (Å²) in [5, 5.41) is 4.02. The molecule has 1 fully saturated rings. The summed E-state index contributed by atoms with van der Waals surface area (Å²) in [6, 6.07) is 5.41. The van der Waals surface area contributed by atoms with Gasteiger partial charge in [0.15, 0.2) is 0 Å². The number of pyridine rings is 1. The summed E-state index contributed by atoms with van der Waals surface area (Å²) in [7, 11) is 0. The predicted octanol–water partition coefficient (Wildman–Crippen LogP) is 2.33. The van der Waals surface area contributed by atoms with E-state index < -0.39 is 11.7 Å². The maximum absolute atomic E-state index is 12.6. The zero-order valence-corrected chi connectivity index (χ0v) is 12.2. The zero-order valence-electron chi connectivity index (χ0n) is 12.2. The number of halogens is 3.